The molecule has 0 radical (unpaired) electrons. The Hall–Kier alpha value is -2.18. The van der Waals surface area contributed by atoms with E-state index >= 15 is 0 Å². The van der Waals surface area contributed by atoms with E-state index in [1.165, 1.54) is 11.8 Å². The summed E-state index contributed by atoms with van der Waals surface area (Å²) in [7, 11) is 0. The van der Waals surface area contributed by atoms with Crippen LogP contribution in [0.4, 0.5) is 0 Å². The van der Waals surface area contributed by atoms with Gasteiger partial charge >= 0.3 is 0 Å². The van der Waals surface area contributed by atoms with Crippen LogP contribution in [0.3, 0.4) is 0 Å². The van der Waals surface area contributed by atoms with Crippen LogP contribution in [0.2, 0.25) is 0 Å². The molecule has 1 atom stereocenters. The highest BCUT2D eigenvalue weighted by Gasteiger charge is 2.37. The van der Waals surface area contributed by atoms with Crippen molar-refractivity contribution in [3.05, 3.63) is 70.9 Å². The van der Waals surface area contributed by atoms with Crippen molar-refractivity contribution in [1.29, 1.82) is 0 Å². The third-order valence-corrected chi connectivity index (χ3v) is 5.44. The first kappa shape index (κ1) is 16.7. The number of carbonyl (C=O) groups excluding carboxylic acids is 1. The Bertz CT molecular complexity index is 754. The molecule has 24 heavy (non-hydrogen) atoms. The van der Waals surface area contributed by atoms with Crippen LogP contribution in [-0.4, -0.2) is 34.0 Å². The zero-order valence-corrected chi connectivity index (χ0v) is 14.7. The highest BCUT2D eigenvalue weighted by atomic mass is 32.2. The topological polar surface area (TPSA) is 45.0 Å². The van der Waals surface area contributed by atoms with E-state index in [0.29, 0.717) is 18.1 Å². The molecule has 0 N–H and O–H groups in total. The number of thiophene rings is 1. The maximum Gasteiger partial charge on any atom is 0.242 e. The summed E-state index contributed by atoms with van der Waals surface area (Å²) < 4.78 is 0. The standard InChI is InChI=1S/C18H17N3OS2/c1-2-10-21-17(22)16(12-14-7-4-3-5-8-14)24-18(21)20-19-13-15-9-6-11-23-15/h2-9,11,13,16H,1,10,12H2/b19-13-,20-18-/t16-/m0/s1. The van der Waals surface area contributed by atoms with Crippen molar-refractivity contribution in [2.24, 2.45) is 10.2 Å². The molecule has 2 aromatic rings. The van der Waals surface area contributed by atoms with Crippen LogP contribution in [0.1, 0.15) is 10.4 Å². The van der Waals surface area contributed by atoms with Gasteiger partial charge in [-0.15, -0.1) is 23.0 Å². The van der Waals surface area contributed by atoms with Gasteiger partial charge in [-0.3, -0.25) is 9.69 Å². The number of hydrogen-bond donors (Lipinski definition) is 0. The molecule has 0 saturated carbocycles. The molecule has 1 aromatic heterocycles. The number of amides is 1. The van der Waals surface area contributed by atoms with Gasteiger partial charge in [0.2, 0.25) is 5.91 Å². The van der Waals surface area contributed by atoms with Crippen molar-refractivity contribution in [3.8, 4) is 0 Å². The Balaban J connectivity index is 1.75. The molecule has 1 aliphatic heterocycles. The molecule has 3 rings (SSSR count). The number of rotatable bonds is 6. The second kappa shape index (κ2) is 8.08. The van der Waals surface area contributed by atoms with Crippen LogP contribution in [0, 0.1) is 0 Å². The van der Waals surface area contributed by atoms with Crippen molar-refractivity contribution in [2.75, 3.05) is 6.54 Å². The van der Waals surface area contributed by atoms with Gasteiger partial charge in [0.1, 0.15) is 0 Å². The van der Waals surface area contributed by atoms with Gasteiger partial charge < -0.3 is 0 Å². The van der Waals surface area contributed by atoms with E-state index in [0.717, 1.165) is 10.4 Å². The SMILES string of the molecule is C=CCN1C(=O)[C@H](Cc2ccccc2)S/C1=N\N=C/c1cccs1. The fourth-order valence-corrected chi connectivity index (χ4v) is 4.06. The van der Waals surface area contributed by atoms with Gasteiger partial charge in [-0.05, 0) is 23.4 Å². The molecule has 2 heterocycles. The minimum Gasteiger partial charge on any atom is -0.285 e. The summed E-state index contributed by atoms with van der Waals surface area (Å²) in [6.45, 7) is 4.18. The first-order valence-electron chi connectivity index (χ1n) is 7.55. The average Bonchev–Trinajstić information content (AvgIpc) is 3.20. The molecule has 0 aliphatic carbocycles. The summed E-state index contributed by atoms with van der Waals surface area (Å²) in [6, 6.07) is 14.0. The molecule has 1 saturated heterocycles. The lowest BCUT2D eigenvalue weighted by Crippen LogP contribution is -2.32. The van der Waals surface area contributed by atoms with Gasteiger partial charge in [-0.1, -0.05) is 54.2 Å². The molecular formula is C18H17N3OS2. The molecule has 1 aromatic carbocycles. The molecule has 1 amide bonds. The average molecular weight is 355 g/mol. The maximum atomic E-state index is 12.6. The Labute approximate surface area is 149 Å². The van der Waals surface area contributed by atoms with Crippen molar-refractivity contribution < 1.29 is 4.79 Å². The van der Waals surface area contributed by atoms with Gasteiger partial charge in [0.25, 0.3) is 0 Å². The number of nitrogens with zero attached hydrogens (tertiary/aromatic N) is 3. The van der Waals surface area contributed by atoms with Crippen molar-refractivity contribution in [2.45, 2.75) is 11.7 Å². The van der Waals surface area contributed by atoms with Gasteiger partial charge in [-0.25, -0.2) is 0 Å². The minimum absolute atomic E-state index is 0.0637. The van der Waals surface area contributed by atoms with E-state index < -0.39 is 0 Å². The molecule has 6 heteroatoms. The van der Waals surface area contributed by atoms with Crippen LogP contribution in [0.25, 0.3) is 0 Å². The lowest BCUT2D eigenvalue weighted by molar-refractivity contribution is -0.125. The third kappa shape index (κ3) is 4.01. The lowest BCUT2D eigenvalue weighted by Gasteiger charge is -2.12. The first-order valence-corrected chi connectivity index (χ1v) is 9.31. The number of hydrogen-bond acceptors (Lipinski definition) is 5. The van der Waals surface area contributed by atoms with Gasteiger partial charge in [-0.2, -0.15) is 5.10 Å². The second-order valence-corrected chi connectivity index (χ2v) is 7.33. The van der Waals surface area contributed by atoms with Crippen LogP contribution in [0.5, 0.6) is 0 Å². The molecule has 4 nitrogen and oxygen atoms in total. The van der Waals surface area contributed by atoms with E-state index in [1.807, 2.05) is 47.8 Å². The monoisotopic (exact) mass is 355 g/mol. The Morgan fingerprint density at radius 2 is 2.04 bits per heavy atom. The minimum atomic E-state index is -0.164. The van der Waals surface area contributed by atoms with E-state index in [9.17, 15) is 4.79 Å². The molecule has 1 fully saturated rings. The highest BCUT2D eigenvalue weighted by molar-refractivity contribution is 8.15. The van der Waals surface area contributed by atoms with Gasteiger partial charge in [0, 0.05) is 11.4 Å². The van der Waals surface area contributed by atoms with E-state index in [2.05, 4.69) is 16.8 Å². The normalized spacial score (nSPS) is 19.5. The van der Waals surface area contributed by atoms with E-state index in [-0.39, 0.29) is 11.2 Å². The Morgan fingerprint density at radius 1 is 1.21 bits per heavy atom. The summed E-state index contributed by atoms with van der Waals surface area (Å²) in [5.74, 6) is 0.0637. The summed E-state index contributed by atoms with van der Waals surface area (Å²) in [5.41, 5.74) is 1.14. The van der Waals surface area contributed by atoms with Crippen molar-refractivity contribution in [1.82, 2.24) is 4.90 Å². The summed E-state index contributed by atoms with van der Waals surface area (Å²) in [4.78, 5) is 15.3. The molecule has 1 aliphatic rings. The van der Waals surface area contributed by atoms with Gasteiger partial charge in [0.15, 0.2) is 5.17 Å². The van der Waals surface area contributed by atoms with Crippen LogP contribution in [0.15, 0.2) is 70.7 Å². The smallest absolute Gasteiger partial charge is 0.242 e. The van der Waals surface area contributed by atoms with Crippen LogP contribution < -0.4 is 0 Å². The van der Waals surface area contributed by atoms with E-state index in [1.54, 1.807) is 28.5 Å². The summed E-state index contributed by atoms with van der Waals surface area (Å²) >= 11 is 3.06. The second-order valence-electron chi connectivity index (χ2n) is 5.18. The quantitative estimate of drug-likeness (QED) is 0.449. The number of amidine groups is 1. The highest BCUT2D eigenvalue weighted by Crippen LogP contribution is 2.30. The summed E-state index contributed by atoms with van der Waals surface area (Å²) in [5, 5.41) is 10.8. The fraction of sp³-hybridized carbons (Fsp3) is 0.167. The predicted octanol–water partition coefficient (Wildman–Crippen LogP) is 3.81. The molecule has 0 spiro atoms. The Kier molecular flexibility index (Phi) is 5.61. The van der Waals surface area contributed by atoms with Crippen molar-refractivity contribution in [3.63, 3.8) is 0 Å². The number of benzene rings is 1. The molecule has 0 unspecified atom stereocenters. The lowest BCUT2D eigenvalue weighted by atomic mass is 10.1. The van der Waals surface area contributed by atoms with Gasteiger partial charge in [0.05, 0.1) is 11.5 Å². The third-order valence-electron chi connectivity index (χ3n) is 3.47. The maximum absolute atomic E-state index is 12.6. The van der Waals surface area contributed by atoms with E-state index in [4.69, 9.17) is 0 Å². The van der Waals surface area contributed by atoms with Crippen LogP contribution >= 0.6 is 23.1 Å². The Morgan fingerprint density at radius 3 is 2.75 bits per heavy atom. The first-order chi connectivity index (χ1) is 11.8. The van der Waals surface area contributed by atoms with Crippen LogP contribution in [-0.2, 0) is 11.2 Å². The zero-order valence-electron chi connectivity index (χ0n) is 13.0. The van der Waals surface area contributed by atoms with Crippen molar-refractivity contribution >= 4 is 40.4 Å². The molecule has 122 valence electrons. The number of thioether (sulfide) groups is 1. The zero-order chi connectivity index (χ0) is 16.8. The molecular weight excluding hydrogens is 338 g/mol. The largest absolute Gasteiger partial charge is 0.285 e. The number of carbonyl (C=O) groups is 1. The molecule has 0 bridgehead atoms. The predicted molar refractivity (Wildman–Crippen MR) is 103 cm³/mol. The summed E-state index contributed by atoms with van der Waals surface area (Å²) in [6.07, 6.45) is 4.10. The fourth-order valence-electron chi connectivity index (χ4n) is 2.34.